The van der Waals surface area contributed by atoms with Crippen LogP contribution in [0.2, 0.25) is 0 Å². The zero-order chi connectivity index (χ0) is 17.6. The Bertz CT molecular complexity index is 712. The molecule has 1 aliphatic heterocycles. The van der Waals surface area contributed by atoms with Crippen LogP contribution in [0.25, 0.3) is 0 Å². The van der Waals surface area contributed by atoms with Crippen LogP contribution in [-0.2, 0) is 6.42 Å². The first-order valence-corrected chi connectivity index (χ1v) is 8.53. The van der Waals surface area contributed by atoms with Gasteiger partial charge in [0.05, 0.1) is 11.3 Å². The Kier molecular flexibility index (Phi) is 5.60. The van der Waals surface area contributed by atoms with E-state index in [1.54, 1.807) is 24.5 Å². The predicted octanol–water partition coefficient (Wildman–Crippen LogP) is 2.26. The highest BCUT2D eigenvalue weighted by molar-refractivity contribution is 5.94. The second-order valence-corrected chi connectivity index (χ2v) is 6.36. The second kappa shape index (κ2) is 8.07. The Morgan fingerprint density at radius 1 is 1.16 bits per heavy atom. The molecule has 2 heterocycles. The van der Waals surface area contributed by atoms with Crippen molar-refractivity contribution < 1.29 is 9.18 Å². The number of anilines is 1. The molecule has 6 heteroatoms. The summed E-state index contributed by atoms with van der Waals surface area (Å²) in [7, 11) is 2.06. The normalized spacial score (nSPS) is 15.2. The number of carbonyl (C=O) groups is 1. The van der Waals surface area contributed by atoms with Gasteiger partial charge in [0.15, 0.2) is 0 Å². The lowest BCUT2D eigenvalue weighted by Crippen LogP contribution is -2.47. The summed E-state index contributed by atoms with van der Waals surface area (Å²) < 4.78 is 12.9. The van der Waals surface area contributed by atoms with E-state index in [0.29, 0.717) is 12.1 Å². The van der Waals surface area contributed by atoms with Crippen molar-refractivity contribution in [1.82, 2.24) is 14.8 Å². The zero-order valence-corrected chi connectivity index (χ0v) is 14.4. The smallest absolute Gasteiger partial charge is 0.255 e. The standard InChI is InChI=1S/C19H23FN4O/c1-23-8-10-24(11-9-23)19(25)16-12-18(14-21-13-16)22-7-6-15-2-4-17(20)5-3-15/h2-5,12-14,22H,6-11H2,1H3. The highest BCUT2D eigenvalue weighted by Gasteiger charge is 2.20. The molecule has 1 N–H and O–H groups in total. The van der Waals surface area contributed by atoms with Gasteiger partial charge in [0.25, 0.3) is 5.91 Å². The number of rotatable bonds is 5. The number of pyridine rings is 1. The summed E-state index contributed by atoms with van der Waals surface area (Å²) >= 11 is 0. The molecule has 1 fully saturated rings. The molecule has 2 aromatic rings. The molecule has 1 saturated heterocycles. The Labute approximate surface area is 147 Å². The van der Waals surface area contributed by atoms with Crippen molar-refractivity contribution in [3.63, 3.8) is 0 Å². The number of halogens is 1. The van der Waals surface area contributed by atoms with Gasteiger partial charge < -0.3 is 15.1 Å². The summed E-state index contributed by atoms with van der Waals surface area (Å²) in [5, 5.41) is 3.28. The molecule has 0 unspecified atom stereocenters. The first-order chi connectivity index (χ1) is 12.1. The minimum Gasteiger partial charge on any atom is -0.383 e. The van der Waals surface area contributed by atoms with Crippen molar-refractivity contribution in [1.29, 1.82) is 0 Å². The maximum absolute atomic E-state index is 12.9. The van der Waals surface area contributed by atoms with Crippen molar-refractivity contribution in [2.75, 3.05) is 45.1 Å². The molecule has 5 nitrogen and oxygen atoms in total. The van der Waals surface area contributed by atoms with Crippen LogP contribution in [0.4, 0.5) is 10.1 Å². The third kappa shape index (κ3) is 4.76. The van der Waals surface area contributed by atoms with Crippen LogP contribution < -0.4 is 5.32 Å². The molecule has 1 aliphatic rings. The van der Waals surface area contributed by atoms with Crippen molar-refractivity contribution in [2.24, 2.45) is 0 Å². The number of hydrogen-bond donors (Lipinski definition) is 1. The number of hydrogen-bond acceptors (Lipinski definition) is 4. The number of likely N-dealkylation sites (N-methyl/N-ethyl adjacent to an activating group) is 1. The molecule has 1 amide bonds. The van der Waals surface area contributed by atoms with Gasteiger partial charge in [0.1, 0.15) is 5.82 Å². The molecular formula is C19H23FN4O. The Balaban J connectivity index is 1.55. The fraction of sp³-hybridized carbons (Fsp3) is 0.368. The highest BCUT2D eigenvalue weighted by Crippen LogP contribution is 2.13. The van der Waals surface area contributed by atoms with Gasteiger partial charge in [-0.15, -0.1) is 0 Å². The van der Waals surface area contributed by atoms with Crippen LogP contribution in [-0.4, -0.2) is 60.5 Å². The molecule has 1 aromatic carbocycles. The molecule has 0 spiro atoms. The van der Waals surface area contributed by atoms with Crippen molar-refractivity contribution in [2.45, 2.75) is 6.42 Å². The fourth-order valence-electron chi connectivity index (χ4n) is 2.85. The quantitative estimate of drug-likeness (QED) is 0.906. The fourth-order valence-corrected chi connectivity index (χ4v) is 2.85. The summed E-state index contributed by atoms with van der Waals surface area (Å²) in [6, 6.07) is 8.34. The SMILES string of the molecule is CN1CCN(C(=O)c2cncc(NCCc3ccc(F)cc3)c2)CC1. The molecular weight excluding hydrogens is 319 g/mol. The van der Waals surface area contributed by atoms with E-state index >= 15 is 0 Å². The van der Waals surface area contributed by atoms with Gasteiger partial charge in [-0.25, -0.2) is 4.39 Å². The zero-order valence-electron chi connectivity index (χ0n) is 14.4. The molecule has 0 bridgehead atoms. The Hall–Kier alpha value is -2.47. The van der Waals surface area contributed by atoms with E-state index in [4.69, 9.17) is 0 Å². The first kappa shape index (κ1) is 17.4. The van der Waals surface area contributed by atoms with Crippen LogP contribution in [0.1, 0.15) is 15.9 Å². The minimum atomic E-state index is -0.226. The lowest BCUT2D eigenvalue weighted by molar-refractivity contribution is 0.0663. The van der Waals surface area contributed by atoms with E-state index in [1.807, 2.05) is 11.0 Å². The van der Waals surface area contributed by atoms with Crippen LogP contribution >= 0.6 is 0 Å². The molecule has 0 radical (unpaired) electrons. The number of nitrogens with one attached hydrogen (secondary N) is 1. The summed E-state index contributed by atoms with van der Waals surface area (Å²) in [5.41, 5.74) is 2.49. The molecule has 0 atom stereocenters. The van der Waals surface area contributed by atoms with Gasteiger partial charge in [-0.2, -0.15) is 0 Å². The molecule has 132 valence electrons. The van der Waals surface area contributed by atoms with Gasteiger partial charge in [-0.05, 0) is 37.2 Å². The summed E-state index contributed by atoms with van der Waals surface area (Å²) in [6.45, 7) is 3.98. The summed E-state index contributed by atoms with van der Waals surface area (Å²) in [5.74, 6) is -0.196. The van der Waals surface area contributed by atoms with Crippen LogP contribution in [0, 0.1) is 5.82 Å². The summed E-state index contributed by atoms with van der Waals surface area (Å²) in [6.07, 6.45) is 4.11. The Morgan fingerprint density at radius 2 is 1.88 bits per heavy atom. The number of carbonyl (C=O) groups excluding carboxylic acids is 1. The van der Waals surface area contributed by atoms with E-state index in [9.17, 15) is 9.18 Å². The maximum Gasteiger partial charge on any atom is 0.255 e. The maximum atomic E-state index is 12.9. The number of nitrogens with zero attached hydrogens (tertiary/aromatic N) is 3. The highest BCUT2D eigenvalue weighted by atomic mass is 19.1. The lowest BCUT2D eigenvalue weighted by atomic mass is 10.1. The number of aromatic nitrogens is 1. The van der Waals surface area contributed by atoms with Gasteiger partial charge in [0.2, 0.25) is 0 Å². The average molecular weight is 342 g/mol. The monoisotopic (exact) mass is 342 g/mol. The third-order valence-corrected chi connectivity index (χ3v) is 4.43. The number of piperazine rings is 1. The molecule has 25 heavy (non-hydrogen) atoms. The molecule has 3 rings (SSSR count). The van der Waals surface area contributed by atoms with Crippen molar-refractivity contribution in [3.8, 4) is 0 Å². The predicted molar refractivity (Wildman–Crippen MR) is 96.2 cm³/mol. The van der Waals surface area contributed by atoms with Crippen LogP contribution in [0.15, 0.2) is 42.7 Å². The van der Waals surface area contributed by atoms with E-state index in [-0.39, 0.29) is 11.7 Å². The first-order valence-electron chi connectivity index (χ1n) is 8.53. The van der Waals surface area contributed by atoms with Gasteiger partial charge in [0, 0.05) is 45.1 Å². The number of amides is 1. The second-order valence-electron chi connectivity index (χ2n) is 6.36. The third-order valence-electron chi connectivity index (χ3n) is 4.43. The van der Waals surface area contributed by atoms with Crippen LogP contribution in [0.5, 0.6) is 0 Å². The van der Waals surface area contributed by atoms with Crippen molar-refractivity contribution >= 4 is 11.6 Å². The number of benzene rings is 1. The van der Waals surface area contributed by atoms with E-state index in [2.05, 4.69) is 22.2 Å². The summed E-state index contributed by atoms with van der Waals surface area (Å²) in [4.78, 5) is 20.9. The van der Waals surface area contributed by atoms with Gasteiger partial charge in [-0.1, -0.05) is 12.1 Å². The molecule has 0 aliphatic carbocycles. The van der Waals surface area contributed by atoms with Crippen LogP contribution in [0.3, 0.4) is 0 Å². The van der Waals surface area contributed by atoms with Gasteiger partial charge >= 0.3 is 0 Å². The lowest BCUT2D eigenvalue weighted by Gasteiger charge is -2.32. The minimum absolute atomic E-state index is 0.0304. The largest absolute Gasteiger partial charge is 0.383 e. The topological polar surface area (TPSA) is 48.5 Å². The van der Waals surface area contributed by atoms with E-state index in [1.165, 1.54) is 12.1 Å². The Morgan fingerprint density at radius 3 is 2.60 bits per heavy atom. The molecule has 1 aromatic heterocycles. The van der Waals surface area contributed by atoms with E-state index in [0.717, 1.165) is 43.9 Å². The molecule has 0 saturated carbocycles. The van der Waals surface area contributed by atoms with E-state index < -0.39 is 0 Å². The van der Waals surface area contributed by atoms with Gasteiger partial charge in [-0.3, -0.25) is 9.78 Å². The van der Waals surface area contributed by atoms with Crippen molar-refractivity contribution in [3.05, 3.63) is 59.7 Å². The average Bonchev–Trinajstić information content (AvgIpc) is 2.64.